The quantitative estimate of drug-likeness (QED) is 0.358. The molecule has 0 aliphatic carbocycles. The number of aliphatic hydroxyl groups is 1. The SMILES string of the molecule is C/C(=C/N[C@H](C(=O)N1CCC[C@H]1C(=O)N[C@@H](CO)c1ccc(-c2nccnc2Cl)cc1)C(C)C)N=N. The summed E-state index contributed by atoms with van der Waals surface area (Å²) in [6.45, 7) is 5.68. The molecule has 1 aliphatic heterocycles. The third-order valence-corrected chi connectivity index (χ3v) is 6.44. The lowest BCUT2D eigenvalue weighted by Crippen LogP contribution is -2.53. The Labute approximate surface area is 215 Å². The van der Waals surface area contributed by atoms with Crippen molar-refractivity contribution in [2.75, 3.05) is 13.2 Å². The maximum absolute atomic E-state index is 13.3. The first-order valence-electron chi connectivity index (χ1n) is 11.9. The molecule has 192 valence electrons. The largest absolute Gasteiger partial charge is 0.394 e. The van der Waals surface area contributed by atoms with Gasteiger partial charge in [-0.15, -0.1) is 0 Å². The molecule has 1 saturated heterocycles. The van der Waals surface area contributed by atoms with Crippen LogP contribution in [0.1, 0.15) is 45.2 Å². The van der Waals surface area contributed by atoms with Gasteiger partial charge in [0.25, 0.3) is 0 Å². The zero-order valence-corrected chi connectivity index (χ0v) is 21.4. The fraction of sp³-hybridized carbons (Fsp3) is 0.440. The number of hydrogen-bond acceptors (Lipinski definition) is 8. The van der Waals surface area contributed by atoms with Crippen molar-refractivity contribution < 1.29 is 14.7 Å². The van der Waals surface area contributed by atoms with E-state index < -0.39 is 18.1 Å². The maximum atomic E-state index is 13.3. The molecule has 2 aromatic rings. The normalized spacial score (nSPS) is 17.6. The first-order chi connectivity index (χ1) is 17.3. The molecule has 0 unspecified atom stereocenters. The zero-order valence-electron chi connectivity index (χ0n) is 20.6. The summed E-state index contributed by atoms with van der Waals surface area (Å²) in [5, 5.41) is 19.6. The van der Waals surface area contributed by atoms with Crippen LogP contribution >= 0.6 is 11.6 Å². The molecule has 10 nitrogen and oxygen atoms in total. The van der Waals surface area contributed by atoms with E-state index in [-0.39, 0.29) is 29.5 Å². The number of carbonyl (C=O) groups excluding carboxylic acids is 2. The Bertz CT molecular complexity index is 1110. The molecule has 2 heterocycles. The van der Waals surface area contributed by atoms with Crippen LogP contribution in [-0.4, -0.2) is 57.0 Å². The van der Waals surface area contributed by atoms with Gasteiger partial charge in [0.1, 0.15) is 17.8 Å². The van der Waals surface area contributed by atoms with Crippen LogP contribution in [0, 0.1) is 11.4 Å². The number of benzene rings is 1. The third kappa shape index (κ3) is 6.44. The first-order valence-corrected chi connectivity index (χ1v) is 12.2. The Balaban J connectivity index is 1.71. The number of rotatable bonds is 10. The van der Waals surface area contributed by atoms with Gasteiger partial charge in [-0.25, -0.2) is 10.5 Å². The van der Waals surface area contributed by atoms with E-state index >= 15 is 0 Å². The average Bonchev–Trinajstić information content (AvgIpc) is 3.37. The van der Waals surface area contributed by atoms with E-state index in [1.54, 1.807) is 36.4 Å². The molecule has 3 atom stereocenters. The standard InChI is InChI=1S/C25H32ClN7O3/c1-15(2)21(30-13-16(3)32-27)25(36)33-12-4-5-20(33)24(35)31-19(14-34)17-6-8-18(9-7-17)22-23(26)29-11-10-28-22/h6-11,13,15,19-21,27,30,34H,4-5,12,14H2,1-3H3,(H,31,35)/b16-13-,32-27?/t19-,20-,21-/m0/s1. The Morgan fingerprint density at radius 1 is 1.28 bits per heavy atom. The van der Waals surface area contributed by atoms with Crippen LogP contribution in [0.15, 0.2) is 53.7 Å². The lowest BCUT2D eigenvalue weighted by atomic mass is 10.0. The molecule has 0 saturated carbocycles. The highest BCUT2D eigenvalue weighted by Gasteiger charge is 2.38. The highest BCUT2D eigenvalue weighted by atomic mass is 35.5. The number of nitrogens with one attached hydrogen (secondary N) is 3. The smallest absolute Gasteiger partial charge is 0.245 e. The molecule has 1 fully saturated rings. The summed E-state index contributed by atoms with van der Waals surface area (Å²) >= 11 is 6.13. The van der Waals surface area contributed by atoms with Gasteiger partial charge in [-0.1, -0.05) is 49.7 Å². The maximum Gasteiger partial charge on any atom is 0.245 e. The van der Waals surface area contributed by atoms with Crippen molar-refractivity contribution in [2.24, 2.45) is 11.0 Å². The predicted octanol–water partition coefficient (Wildman–Crippen LogP) is 3.44. The Hall–Kier alpha value is -3.37. The lowest BCUT2D eigenvalue weighted by Gasteiger charge is -2.31. The van der Waals surface area contributed by atoms with Crippen LogP contribution < -0.4 is 10.6 Å². The monoisotopic (exact) mass is 513 g/mol. The molecule has 0 spiro atoms. The van der Waals surface area contributed by atoms with Crippen molar-refractivity contribution in [1.29, 1.82) is 5.53 Å². The van der Waals surface area contributed by atoms with Gasteiger partial charge in [0.2, 0.25) is 11.8 Å². The lowest BCUT2D eigenvalue weighted by molar-refractivity contribution is -0.141. The number of allylic oxidation sites excluding steroid dienone is 1. The molecule has 2 amide bonds. The second-order valence-corrected chi connectivity index (χ2v) is 9.40. The number of aromatic nitrogens is 2. The van der Waals surface area contributed by atoms with E-state index in [1.807, 2.05) is 26.0 Å². The number of carbonyl (C=O) groups is 2. The number of likely N-dealkylation sites (tertiary alicyclic amines) is 1. The predicted molar refractivity (Wildman–Crippen MR) is 136 cm³/mol. The molecule has 1 aromatic carbocycles. The van der Waals surface area contributed by atoms with E-state index in [0.717, 1.165) is 5.56 Å². The summed E-state index contributed by atoms with van der Waals surface area (Å²) < 4.78 is 0. The van der Waals surface area contributed by atoms with Crippen molar-refractivity contribution in [1.82, 2.24) is 25.5 Å². The average molecular weight is 514 g/mol. The van der Waals surface area contributed by atoms with Crippen LogP contribution in [0.2, 0.25) is 5.15 Å². The van der Waals surface area contributed by atoms with Gasteiger partial charge in [0.05, 0.1) is 18.3 Å². The second kappa shape index (κ2) is 12.5. The van der Waals surface area contributed by atoms with Crippen LogP contribution in [0.3, 0.4) is 0 Å². The summed E-state index contributed by atoms with van der Waals surface area (Å²) in [6.07, 6.45) is 5.87. The summed E-state index contributed by atoms with van der Waals surface area (Å²) in [5.41, 5.74) is 9.55. The van der Waals surface area contributed by atoms with Crippen LogP contribution in [0.5, 0.6) is 0 Å². The molecule has 0 radical (unpaired) electrons. The van der Waals surface area contributed by atoms with Crippen molar-refractivity contribution >= 4 is 23.4 Å². The number of halogens is 1. The van der Waals surface area contributed by atoms with Gasteiger partial charge < -0.3 is 20.6 Å². The van der Waals surface area contributed by atoms with Crippen molar-refractivity contribution in [3.63, 3.8) is 0 Å². The minimum atomic E-state index is -0.635. The second-order valence-electron chi connectivity index (χ2n) is 9.04. The molecule has 36 heavy (non-hydrogen) atoms. The molecule has 11 heteroatoms. The van der Waals surface area contributed by atoms with E-state index in [9.17, 15) is 14.7 Å². The fourth-order valence-electron chi connectivity index (χ4n) is 4.16. The molecule has 0 bridgehead atoms. The third-order valence-electron chi connectivity index (χ3n) is 6.16. The Morgan fingerprint density at radius 2 is 1.97 bits per heavy atom. The zero-order chi connectivity index (χ0) is 26.2. The fourth-order valence-corrected chi connectivity index (χ4v) is 4.38. The van der Waals surface area contributed by atoms with Crippen molar-refractivity contribution in [2.45, 2.75) is 51.7 Å². The molecule has 1 aliphatic rings. The van der Waals surface area contributed by atoms with Gasteiger partial charge in [-0.2, -0.15) is 5.11 Å². The van der Waals surface area contributed by atoms with Crippen molar-refractivity contribution in [3.05, 3.63) is 59.3 Å². The summed E-state index contributed by atoms with van der Waals surface area (Å²) in [7, 11) is 0. The van der Waals surface area contributed by atoms with Crippen LogP contribution in [0.4, 0.5) is 0 Å². The molecule has 3 rings (SSSR count). The number of aliphatic hydroxyl groups excluding tert-OH is 1. The minimum absolute atomic E-state index is 0.0388. The summed E-state index contributed by atoms with van der Waals surface area (Å²) in [5.74, 6) is -0.526. The number of nitrogens with zero attached hydrogens (tertiary/aromatic N) is 4. The topological polar surface area (TPSA) is 144 Å². The van der Waals surface area contributed by atoms with Gasteiger partial charge >= 0.3 is 0 Å². The van der Waals surface area contributed by atoms with E-state index in [4.69, 9.17) is 17.1 Å². The summed E-state index contributed by atoms with van der Waals surface area (Å²) in [4.78, 5) is 36.4. The number of amides is 2. The van der Waals surface area contributed by atoms with Gasteiger partial charge in [-0.05, 0) is 31.2 Å². The molecule has 1 aromatic heterocycles. The first kappa shape index (κ1) is 27.2. The van der Waals surface area contributed by atoms with Gasteiger partial charge in [0.15, 0.2) is 5.15 Å². The van der Waals surface area contributed by atoms with Gasteiger partial charge in [-0.3, -0.25) is 14.6 Å². The van der Waals surface area contributed by atoms with Crippen LogP contribution in [-0.2, 0) is 9.59 Å². The van der Waals surface area contributed by atoms with E-state index in [1.165, 1.54) is 6.20 Å². The van der Waals surface area contributed by atoms with Crippen LogP contribution in [0.25, 0.3) is 11.3 Å². The van der Waals surface area contributed by atoms with Gasteiger partial charge in [0, 0.05) is 30.7 Å². The van der Waals surface area contributed by atoms with E-state index in [0.29, 0.717) is 36.3 Å². The Kier molecular flexibility index (Phi) is 9.49. The highest BCUT2D eigenvalue weighted by Crippen LogP contribution is 2.26. The number of hydrogen-bond donors (Lipinski definition) is 4. The summed E-state index contributed by atoms with van der Waals surface area (Å²) in [6, 6.07) is 5.40. The molecular weight excluding hydrogens is 482 g/mol. The highest BCUT2D eigenvalue weighted by molar-refractivity contribution is 6.31. The van der Waals surface area contributed by atoms with Crippen molar-refractivity contribution in [3.8, 4) is 11.3 Å². The molecule has 4 N–H and O–H groups in total. The minimum Gasteiger partial charge on any atom is -0.394 e. The van der Waals surface area contributed by atoms with E-state index in [2.05, 4.69) is 25.7 Å². The Morgan fingerprint density at radius 3 is 2.58 bits per heavy atom. The molecular formula is C25H32ClN7O3.